The summed E-state index contributed by atoms with van der Waals surface area (Å²) in [6.45, 7) is 0. The fourth-order valence-corrected chi connectivity index (χ4v) is 2.63. The fourth-order valence-electron chi connectivity index (χ4n) is 1.89. The molecule has 1 aliphatic rings. The van der Waals surface area contributed by atoms with E-state index < -0.39 is 5.97 Å². The van der Waals surface area contributed by atoms with E-state index in [-0.39, 0.29) is 11.6 Å². The molecule has 0 aliphatic carbocycles. The molecule has 0 atom stereocenters. The molecule has 2 aromatic rings. The number of hydrogen-bond acceptors (Lipinski definition) is 3. The van der Waals surface area contributed by atoms with Gasteiger partial charge in [0.1, 0.15) is 0 Å². The number of cyclic esters (lactones) is 1. The van der Waals surface area contributed by atoms with Gasteiger partial charge in [-0.3, -0.25) is 0 Å². The molecule has 1 aliphatic heterocycles. The van der Waals surface area contributed by atoms with E-state index in [9.17, 15) is 4.79 Å². The zero-order chi connectivity index (χ0) is 14.8. The standard InChI is InChI=1S/C16H9ClINO2/c17-12-6-3-5-11(8-12)15-19-14(16(20)21-15)9-10-4-1-2-7-13(10)18/h1-9H/b14-9-. The second-order valence-electron chi connectivity index (χ2n) is 4.37. The summed E-state index contributed by atoms with van der Waals surface area (Å²) < 4.78 is 6.25. The predicted octanol–water partition coefficient (Wildman–Crippen LogP) is 4.29. The predicted molar refractivity (Wildman–Crippen MR) is 91.2 cm³/mol. The molecule has 0 saturated heterocycles. The molecular weight excluding hydrogens is 401 g/mol. The Morgan fingerprint density at radius 3 is 2.71 bits per heavy atom. The van der Waals surface area contributed by atoms with Crippen LogP contribution in [0.3, 0.4) is 0 Å². The normalized spacial score (nSPS) is 16.0. The van der Waals surface area contributed by atoms with Gasteiger partial charge in [-0.1, -0.05) is 35.9 Å². The van der Waals surface area contributed by atoms with Crippen LogP contribution in [0.5, 0.6) is 0 Å². The number of halogens is 2. The number of carbonyl (C=O) groups excluding carboxylic acids is 1. The van der Waals surface area contributed by atoms with Crippen molar-refractivity contribution in [3.63, 3.8) is 0 Å². The number of rotatable bonds is 2. The zero-order valence-corrected chi connectivity index (χ0v) is 13.6. The smallest absolute Gasteiger partial charge is 0.363 e. The number of esters is 1. The molecule has 1 heterocycles. The molecule has 104 valence electrons. The maximum Gasteiger partial charge on any atom is 0.363 e. The molecule has 0 amide bonds. The van der Waals surface area contributed by atoms with Crippen LogP contribution in [0.2, 0.25) is 5.02 Å². The van der Waals surface area contributed by atoms with Gasteiger partial charge in [0.2, 0.25) is 5.90 Å². The van der Waals surface area contributed by atoms with E-state index in [2.05, 4.69) is 27.6 Å². The van der Waals surface area contributed by atoms with Gasteiger partial charge in [-0.05, 0) is 58.5 Å². The summed E-state index contributed by atoms with van der Waals surface area (Å²) in [5, 5.41) is 0.571. The minimum atomic E-state index is -0.454. The van der Waals surface area contributed by atoms with Crippen molar-refractivity contribution in [1.82, 2.24) is 0 Å². The summed E-state index contributed by atoms with van der Waals surface area (Å²) in [5.41, 5.74) is 1.90. The molecule has 0 unspecified atom stereocenters. The van der Waals surface area contributed by atoms with Crippen LogP contribution >= 0.6 is 34.2 Å². The summed E-state index contributed by atoms with van der Waals surface area (Å²) in [6, 6.07) is 14.8. The Labute approximate surface area is 140 Å². The van der Waals surface area contributed by atoms with E-state index in [0.717, 1.165) is 9.13 Å². The minimum absolute atomic E-state index is 0.277. The van der Waals surface area contributed by atoms with Crippen LogP contribution in [0.25, 0.3) is 6.08 Å². The van der Waals surface area contributed by atoms with Gasteiger partial charge >= 0.3 is 5.97 Å². The minimum Gasteiger partial charge on any atom is -0.402 e. The lowest BCUT2D eigenvalue weighted by Crippen LogP contribution is -2.05. The van der Waals surface area contributed by atoms with Crippen molar-refractivity contribution in [2.24, 2.45) is 4.99 Å². The lowest BCUT2D eigenvalue weighted by Gasteiger charge is -1.99. The molecule has 0 bridgehead atoms. The van der Waals surface area contributed by atoms with E-state index in [4.69, 9.17) is 16.3 Å². The van der Waals surface area contributed by atoms with E-state index in [1.807, 2.05) is 24.3 Å². The number of benzene rings is 2. The third-order valence-corrected chi connectivity index (χ3v) is 4.11. The zero-order valence-electron chi connectivity index (χ0n) is 10.7. The summed E-state index contributed by atoms with van der Waals surface area (Å²) in [7, 11) is 0. The van der Waals surface area contributed by atoms with E-state index in [1.165, 1.54) is 0 Å². The summed E-state index contributed by atoms with van der Waals surface area (Å²) in [4.78, 5) is 16.2. The second-order valence-corrected chi connectivity index (χ2v) is 5.97. The first-order chi connectivity index (χ1) is 10.1. The van der Waals surface area contributed by atoms with E-state index in [0.29, 0.717) is 10.6 Å². The maximum absolute atomic E-state index is 11.9. The van der Waals surface area contributed by atoms with Crippen molar-refractivity contribution in [3.8, 4) is 0 Å². The number of carbonyl (C=O) groups is 1. The summed E-state index contributed by atoms with van der Waals surface area (Å²) in [5.74, 6) is -0.177. The highest BCUT2D eigenvalue weighted by Crippen LogP contribution is 2.22. The third-order valence-electron chi connectivity index (χ3n) is 2.89. The highest BCUT2D eigenvalue weighted by molar-refractivity contribution is 14.1. The Kier molecular flexibility index (Phi) is 4.07. The van der Waals surface area contributed by atoms with E-state index >= 15 is 0 Å². The first-order valence-electron chi connectivity index (χ1n) is 6.16. The maximum atomic E-state index is 11.9. The molecule has 2 aromatic carbocycles. The average Bonchev–Trinajstić information content (AvgIpc) is 2.83. The first-order valence-corrected chi connectivity index (χ1v) is 7.62. The Bertz CT molecular complexity index is 783. The van der Waals surface area contributed by atoms with Crippen molar-refractivity contribution in [2.45, 2.75) is 0 Å². The Morgan fingerprint density at radius 1 is 1.14 bits per heavy atom. The van der Waals surface area contributed by atoms with Gasteiger partial charge in [-0.25, -0.2) is 9.79 Å². The van der Waals surface area contributed by atoms with Gasteiger partial charge in [-0.2, -0.15) is 0 Å². The largest absolute Gasteiger partial charge is 0.402 e. The van der Waals surface area contributed by atoms with Crippen molar-refractivity contribution in [2.75, 3.05) is 0 Å². The van der Waals surface area contributed by atoms with Crippen molar-refractivity contribution in [3.05, 3.63) is 73.9 Å². The van der Waals surface area contributed by atoms with Gasteiger partial charge in [0, 0.05) is 14.2 Å². The second kappa shape index (κ2) is 5.99. The summed E-state index contributed by atoms with van der Waals surface area (Å²) in [6.07, 6.45) is 1.72. The van der Waals surface area contributed by atoms with Gasteiger partial charge < -0.3 is 4.74 Å². The lowest BCUT2D eigenvalue weighted by atomic mass is 10.2. The number of hydrogen-bond donors (Lipinski definition) is 0. The molecule has 3 nitrogen and oxygen atoms in total. The monoisotopic (exact) mass is 409 g/mol. The van der Waals surface area contributed by atoms with Crippen molar-refractivity contribution >= 4 is 52.1 Å². The van der Waals surface area contributed by atoms with Crippen LogP contribution in [-0.4, -0.2) is 11.9 Å². The van der Waals surface area contributed by atoms with Crippen molar-refractivity contribution < 1.29 is 9.53 Å². The molecule has 3 rings (SSSR count). The Balaban J connectivity index is 1.98. The van der Waals surface area contributed by atoms with E-state index in [1.54, 1.807) is 30.3 Å². The molecule has 0 fully saturated rings. The molecule has 0 radical (unpaired) electrons. The number of ether oxygens (including phenoxy) is 1. The molecule has 5 heteroatoms. The van der Waals surface area contributed by atoms with Gasteiger partial charge in [0.15, 0.2) is 5.70 Å². The molecule has 0 spiro atoms. The lowest BCUT2D eigenvalue weighted by molar-refractivity contribution is -0.129. The average molecular weight is 410 g/mol. The first kappa shape index (κ1) is 14.3. The Morgan fingerprint density at radius 2 is 1.95 bits per heavy atom. The highest BCUT2D eigenvalue weighted by atomic mass is 127. The topological polar surface area (TPSA) is 38.7 Å². The molecular formula is C16H9ClINO2. The summed E-state index contributed by atoms with van der Waals surface area (Å²) >= 11 is 8.15. The van der Waals surface area contributed by atoms with Crippen LogP contribution < -0.4 is 0 Å². The molecule has 0 N–H and O–H groups in total. The molecule has 21 heavy (non-hydrogen) atoms. The number of aliphatic imine (C=N–C) groups is 1. The SMILES string of the molecule is O=C1OC(c2cccc(Cl)c2)=N/C1=C\c1ccccc1I. The molecule has 0 aromatic heterocycles. The van der Waals surface area contributed by atoms with Crippen LogP contribution in [0.1, 0.15) is 11.1 Å². The highest BCUT2D eigenvalue weighted by Gasteiger charge is 2.24. The van der Waals surface area contributed by atoms with Crippen molar-refractivity contribution in [1.29, 1.82) is 0 Å². The fraction of sp³-hybridized carbons (Fsp3) is 0. The van der Waals surface area contributed by atoms with Crippen LogP contribution in [0.15, 0.2) is 59.2 Å². The van der Waals surface area contributed by atoms with Gasteiger partial charge in [-0.15, -0.1) is 0 Å². The van der Waals surface area contributed by atoms with Crippen LogP contribution in [0.4, 0.5) is 0 Å². The molecule has 0 saturated carbocycles. The van der Waals surface area contributed by atoms with Gasteiger partial charge in [0.25, 0.3) is 0 Å². The van der Waals surface area contributed by atoms with Crippen LogP contribution in [-0.2, 0) is 9.53 Å². The quantitative estimate of drug-likeness (QED) is 0.422. The number of nitrogens with zero attached hydrogens (tertiary/aromatic N) is 1. The van der Waals surface area contributed by atoms with Gasteiger partial charge in [0.05, 0.1) is 0 Å². The van der Waals surface area contributed by atoms with Crippen LogP contribution in [0, 0.1) is 3.57 Å². The Hall–Kier alpha value is -1.66. The third kappa shape index (κ3) is 3.16.